The molecule has 1 aromatic carbocycles. The number of rotatable bonds is 5. The second kappa shape index (κ2) is 6.17. The van der Waals surface area contributed by atoms with Crippen LogP contribution in [0.3, 0.4) is 0 Å². The van der Waals surface area contributed by atoms with E-state index >= 15 is 0 Å². The fourth-order valence-corrected chi connectivity index (χ4v) is 1.76. The van der Waals surface area contributed by atoms with Gasteiger partial charge in [-0.3, -0.25) is 0 Å². The smallest absolute Gasteiger partial charge is 0.123 e. The van der Waals surface area contributed by atoms with Crippen molar-refractivity contribution in [2.75, 3.05) is 18.0 Å². The molecule has 0 aliphatic carbocycles. The lowest BCUT2D eigenvalue weighted by Gasteiger charge is -2.22. The Labute approximate surface area is 103 Å². The molecule has 1 atom stereocenters. The van der Waals surface area contributed by atoms with Crippen LogP contribution < -0.4 is 4.90 Å². The summed E-state index contributed by atoms with van der Waals surface area (Å²) in [4.78, 5) is 2.02. The molecule has 3 heteroatoms. The molecule has 0 saturated heterocycles. The summed E-state index contributed by atoms with van der Waals surface area (Å²) in [6.45, 7) is 5.06. The van der Waals surface area contributed by atoms with Gasteiger partial charge in [0.2, 0.25) is 0 Å². The van der Waals surface area contributed by atoms with Crippen molar-refractivity contribution in [1.82, 2.24) is 0 Å². The van der Waals surface area contributed by atoms with Crippen molar-refractivity contribution in [3.05, 3.63) is 23.8 Å². The van der Waals surface area contributed by atoms with Crippen LogP contribution in [-0.2, 0) is 0 Å². The first-order chi connectivity index (χ1) is 8.10. The van der Waals surface area contributed by atoms with Gasteiger partial charge in [-0.05, 0) is 19.4 Å². The number of benzene rings is 1. The number of phenolic OH excluding ortho intramolecular Hbond substituents is 1. The maximum absolute atomic E-state index is 9.81. The predicted octanol–water partition coefficient (Wildman–Crippen LogP) is 2.30. The summed E-state index contributed by atoms with van der Waals surface area (Å²) in [6.07, 6.45) is 5.64. The van der Waals surface area contributed by atoms with Gasteiger partial charge in [0.15, 0.2) is 0 Å². The van der Waals surface area contributed by atoms with E-state index in [0.717, 1.165) is 18.7 Å². The van der Waals surface area contributed by atoms with E-state index in [4.69, 9.17) is 6.42 Å². The number of aromatic hydroxyl groups is 1. The van der Waals surface area contributed by atoms with Gasteiger partial charge in [0.1, 0.15) is 5.75 Å². The average Bonchev–Trinajstić information content (AvgIpc) is 2.28. The lowest BCUT2D eigenvalue weighted by molar-refractivity contribution is 0.195. The van der Waals surface area contributed by atoms with Crippen LogP contribution in [0.15, 0.2) is 18.2 Å². The zero-order chi connectivity index (χ0) is 12.8. The fourth-order valence-electron chi connectivity index (χ4n) is 1.76. The standard InChI is InChI=1S/C14H19NO2/c1-4-8-15(9-5-2)12-6-7-13(11(3)16)14(17)10-12/h1,6-7,10-11,16-17H,5,8-9H2,2-3H3. The Kier molecular flexibility index (Phi) is 4.86. The highest BCUT2D eigenvalue weighted by Gasteiger charge is 2.10. The monoisotopic (exact) mass is 233 g/mol. The van der Waals surface area contributed by atoms with Crippen LogP contribution in [-0.4, -0.2) is 23.3 Å². The van der Waals surface area contributed by atoms with Crippen LogP contribution in [0, 0.1) is 12.3 Å². The summed E-state index contributed by atoms with van der Waals surface area (Å²) in [5.74, 6) is 2.71. The van der Waals surface area contributed by atoms with E-state index in [1.165, 1.54) is 0 Å². The second-order valence-electron chi connectivity index (χ2n) is 4.04. The van der Waals surface area contributed by atoms with Gasteiger partial charge in [-0.2, -0.15) is 0 Å². The molecule has 0 fully saturated rings. The minimum absolute atomic E-state index is 0.107. The molecule has 17 heavy (non-hydrogen) atoms. The fraction of sp³-hybridized carbons (Fsp3) is 0.429. The lowest BCUT2D eigenvalue weighted by Crippen LogP contribution is -2.24. The molecule has 0 aliphatic rings. The quantitative estimate of drug-likeness (QED) is 0.767. The van der Waals surface area contributed by atoms with Gasteiger partial charge >= 0.3 is 0 Å². The van der Waals surface area contributed by atoms with Crippen molar-refractivity contribution in [2.45, 2.75) is 26.4 Å². The van der Waals surface area contributed by atoms with Crippen molar-refractivity contribution in [1.29, 1.82) is 0 Å². The Hall–Kier alpha value is -1.66. The molecule has 0 bridgehead atoms. The molecule has 1 aromatic rings. The van der Waals surface area contributed by atoms with Gasteiger partial charge in [0, 0.05) is 23.9 Å². The average molecular weight is 233 g/mol. The van der Waals surface area contributed by atoms with Gasteiger partial charge in [-0.1, -0.05) is 18.9 Å². The molecule has 2 N–H and O–H groups in total. The number of aliphatic hydroxyl groups is 1. The Bertz CT molecular complexity index is 407. The SMILES string of the molecule is C#CCN(CCC)c1ccc(C(C)O)c(O)c1. The van der Waals surface area contributed by atoms with E-state index in [1.807, 2.05) is 11.0 Å². The molecule has 0 aliphatic heterocycles. The van der Waals surface area contributed by atoms with Crippen molar-refractivity contribution < 1.29 is 10.2 Å². The largest absolute Gasteiger partial charge is 0.507 e. The summed E-state index contributed by atoms with van der Waals surface area (Å²) in [5, 5.41) is 19.2. The topological polar surface area (TPSA) is 43.7 Å². The lowest BCUT2D eigenvalue weighted by atomic mass is 10.1. The summed E-state index contributed by atoms with van der Waals surface area (Å²) in [7, 11) is 0. The third-order valence-electron chi connectivity index (χ3n) is 2.60. The number of terminal acetylenes is 1. The highest BCUT2D eigenvalue weighted by molar-refractivity contribution is 5.54. The van der Waals surface area contributed by atoms with Crippen LogP contribution in [0.1, 0.15) is 31.9 Å². The van der Waals surface area contributed by atoms with Crippen molar-refractivity contribution in [3.63, 3.8) is 0 Å². The molecule has 92 valence electrons. The summed E-state index contributed by atoms with van der Waals surface area (Å²) >= 11 is 0. The first kappa shape index (κ1) is 13.4. The number of nitrogens with zero attached hydrogens (tertiary/aromatic N) is 1. The molecular weight excluding hydrogens is 214 g/mol. The van der Waals surface area contributed by atoms with E-state index in [9.17, 15) is 10.2 Å². The maximum atomic E-state index is 9.81. The molecule has 1 unspecified atom stereocenters. The van der Waals surface area contributed by atoms with Crippen molar-refractivity contribution in [2.24, 2.45) is 0 Å². The molecule has 0 aromatic heterocycles. The van der Waals surface area contributed by atoms with E-state index in [1.54, 1.807) is 19.1 Å². The molecular formula is C14H19NO2. The highest BCUT2D eigenvalue weighted by Crippen LogP contribution is 2.28. The molecule has 0 radical (unpaired) electrons. The first-order valence-corrected chi connectivity index (χ1v) is 5.79. The molecule has 0 saturated carbocycles. The summed E-state index contributed by atoms with van der Waals surface area (Å²) in [6, 6.07) is 5.25. The first-order valence-electron chi connectivity index (χ1n) is 5.79. The molecule has 0 amide bonds. The number of hydrogen-bond donors (Lipinski definition) is 2. The van der Waals surface area contributed by atoms with E-state index in [-0.39, 0.29) is 5.75 Å². The van der Waals surface area contributed by atoms with Crippen molar-refractivity contribution in [3.8, 4) is 18.1 Å². The molecule has 0 heterocycles. The molecule has 3 nitrogen and oxygen atoms in total. The Morgan fingerprint density at radius 1 is 1.47 bits per heavy atom. The molecule has 0 spiro atoms. The Morgan fingerprint density at radius 3 is 2.65 bits per heavy atom. The zero-order valence-corrected chi connectivity index (χ0v) is 10.3. The zero-order valence-electron chi connectivity index (χ0n) is 10.3. The van der Waals surface area contributed by atoms with Gasteiger partial charge in [-0.25, -0.2) is 0 Å². The third-order valence-corrected chi connectivity index (χ3v) is 2.60. The van der Waals surface area contributed by atoms with Crippen LogP contribution in [0.2, 0.25) is 0 Å². The minimum Gasteiger partial charge on any atom is -0.507 e. The van der Waals surface area contributed by atoms with Gasteiger partial charge in [0.05, 0.1) is 12.6 Å². The van der Waals surface area contributed by atoms with Gasteiger partial charge in [0.25, 0.3) is 0 Å². The molecule has 1 rings (SSSR count). The van der Waals surface area contributed by atoms with Crippen LogP contribution in [0.4, 0.5) is 5.69 Å². The van der Waals surface area contributed by atoms with Crippen molar-refractivity contribution >= 4 is 5.69 Å². The third kappa shape index (κ3) is 3.40. The predicted molar refractivity (Wildman–Crippen MR) is 70.1 cm³/mol. The van der Waals surface area contributed by atoms with Crippen LogP contribution in [0.5, 0.6) is 5.75 Å². The van der Waals surface area contributed by atoms with E-state index < -0.39 is 6.10 Å². The van der Waals surface area contributed by atoms with E-state index in [2.05, 4.69) is 12.8 Å². The number of hydrogen-bond acceptors (Lipinski definition) is 3. The van der Waals surface area contributed by atoms with Gasteiger partial charge < -0.3 is 15.1 Å². The summed E-state index contributed by atoms with van der Waals surface area (Å²) in [5.41, 5.74) is 1.41. The Morgan fingerprint density at radius 2 is 2.18 bits per heavy atom. The number of anilines is 1. The van der Waals surface area contributed by atoms with Gasteiger partial charge in [-0.15, -0.1) is 6.42 Å². The normalized spacial score (nSPS) is 11.9. The van der Waals surface area contributed by atoms with Crippen LogP contribution in [0.25, 0.3) is 0 Å². The maximum Gasteiger partial charge on any atom is 0.123 e. The highest BCUT2D eigenvalue weighted by atomic mass is 16.3. The van der Waals surface area contributed by atoms with Crippen LogP contribution >= 0.6 is 0 Å². The van der Waals surface area contributed by atoms with E-state index in [0.29, 0.717) is 12.1 Å². The minimum atomic E-state index is -0.670. The number of phenols is 1. The number of aliphatic hydroxyl groups excluding tert-OH is 1. The second-order valence-corrected chi connectivity index (χ2v) is 4.04. The Balaban J connectivity index is 2.98. The summed E-state index contributed by atoms with van der Waals surface area (Å²) < 4.78 is 0.